The minimum absolute atomic E-state index is 1.11. The summed E-state index contributed by atoms with van der Waals surface area (Å²) in [5.41, 5.74) is 1.86. The number of rotatable bonds is 1. The van der Waals surface area contributed by atoms with E-state index in [1.165, 1.54) is 0 Å². The second kappa shape index (κ2) is 3.96. The van der Waals surface area contributed by atoms with Crippen LogP contribution in [0, 0.1) is 0 Å². The Morgan fingerprint density at radius 2 is 2.40 bits per heavy atom. The maximum atomic E-state index is 3.17. The predicted molar refractivity (Wildman–Crippen MR) is 25.2 cm³/mol. The Balaban J connectivity index is 2.62. The molecule has 0 aliphatic rings. The Kier molecular flexibility index (Phi) is 3.92. The molecule has 0 aromatic rings. The average Bonchev–Trinajstić information content (AvgIpc) is 1.41. The lowest BCUT2D eigenvalue weighted by Crippen LogP contribution is -1.49. The van der Waals surface area contributed by atoms with Crippen LogP contribution in [-0.2, 0) is 0 Å². The van der Waals surface area contributed by atoms with Gasteiger partial charge in [-0.1, -0.05) is 13.0 Å². The molecule has 0 heterocycles. The molecule has 0 amide bonds. The van der Waals surface area contributed by atoms with E-state index in [0.717, 1.165) is 6.42 Å². The van der Waals surface area contributed by atoms with Crippen LogP contribution in [0.4, 0.5) is 0 Å². The van der Waals surface area contributed by atoms with Crippen LogP contribution in [-0.4, -0.2) is 10.2 Å². The molecule has 0 aromatic carbocycles. The summed E-state index contributed by atoms with van der Waals surface area (Å²) < 4.78 is 0. The first kappa shape index (κ1) is 4.96. The molecular weight excluding hydrogens is 76.1 g/mol. The van der Waals surface area contributed by atoms with Gasteiger partial charge in [0.15, 0.2) is 0 Å². The van der Waals surface area contributed by atoms with Crippen LogP contribution in [0.3, 0.4) is 0 Å². The van der Waals surface area contributed by atoms with Crippen LogP contribution in [0.15, 0.2) is 11.8 Å². The maximum Gasteiger partial charge on any atom is 0.0596 e. The lowest BCUT2D eigenvalue weighted by molar-refractivity contribution is 1.23. The lowest BCUT2D eigenvalue weighted by Gasteiger charge is -1.64. The highest BCUT2D eigenvalue weighted by Gasteiger charge is 1.52. The van der Waals surface area contributed by atoms with E-state index in [-0.39, 0.29) is 0 Å². The molecule has 1 heteroatoms. The summed E-state index contributed by atoms with van der Waals surface area (Å²) in [6.07, 6.45) is 3.15. The maximum absolute atomic E-state index is 3.17. The molecule has 27 valence electrons. The zero-order valence-corrected chi connectivity index (χ0v) is 4.36. The Morgan fingerprint density at radius 3 is 2.40 bits per heavy atom. The van der Waals surface area contributed by atoms with Gasteiger partial charge in [0.1, 0.15) is 0 Å². The van der Waals surface area contributed by atoms with Crippen molar-refractivity contribution < 1.29 is 0 Å². The monoisotopic (exact) mass is 83.0 g/mol. The summed E-state index contributed by atoms with van der Waals surface area (Å²) in [7, 11) is 3.17. The van der Waals surface area contributed by atoms with Gasteiger partial charge in [0.25, 0.3) is 0 Å². The number of allylic oxidation sites excluding steroid dienone is 1. The minimum atomic E-state index is 1.11. The highest BCUT2D eigenvalue weighted by Crippen LogP contribution is 1.71. The third-order valence-corrected chi connectivity index (χ3v) is 0.589. The third-order valence-electron chi connectivity index (χ3n) is 0.354. The molecule has 0 unspecified atom stereocenters. The SMILES string of the molecule is CCC=C[Si]. The van der Waals surface area contributed by atoms with Crippen molar-refractivity contribution in [1.29, 1.82) is 0 Å². The van der Waals surface area contributed by atoms with Crippen LogP contribution < -0.4 is 0 Å². The van der Waals surface area contributed by atoms with Crippen molar-refractivity contribution in [3.63, 3.8) is 0 Å². The third kappa shape index (κ3) is 3.96. The van der Waals surface area contributed by atoms with Crippen molar-refractivity contribution in [1.82, 2.24) is 0 Å². The largest absolute Gasteiger partial charge is 0.106 e. The average molecular weight is 83.2 g/mol. The molecule has 0 saturated heterocycles. The predicted octanol–water partition coefficient (Wildman–Crippen LogP) is 1.08. The molecule has 0 fully saturated rings. The molecule has 0 nitrogen and oxygen atoms in total. The smallest absolute Gasteiger partial charge is 0.0596 e. The molecular formula is C4H7Si. The fraction of sp³-hybridized carbons (Fsp3) is 0.500. The summed E-state index contributed by atoms with van der Waals surface area (Å²) >= 11 is 0. The molecule has 0 aromatic heterocycles. The van der Waals surface area contributed by atoms with Crippen molar-refractivity contribution in [2.24, 2.45) is 0 Å². The van der Waals surface area contributed by atoms with Crippen LogP contribution >= 0.6 is 0 Å². The van der Waals surface area contributed by atoms with E-state index in [1.54, 1.807) is 0 Å². The van der Waals surface area contributed by atoms with Crippen molar-refractivity contribution in [2.75, 3.05) is 0 Å². The van der Waals surface area contributed by atoms with Crippen molar-refractivity contribution in [2.45, 2.75) is 13.3 Å². The van der Waals surface area contributed by atoms with Gasteiger partial charge in [0.05, 0.1) is 10.2 Å². The first-order chi connectivity index (χ1) is 2.41. The van der Waals surface area contributed by atoms with Gasteiger partial charge in [-0.15, -0.1) is 5.70 Å². The van der Waals surface area contributed by atoms with Crippen molar-refractivity contribution in [3.8, 4) is 0 Å². The lowest BCUT2D eigenvalue weighted by atomic mass is 10.5. The topological polar surface area (TPSA) is 0 Å². The number of hydrogen-bond acceptors (Lipinski definition) is 0. The first-order valence-corrected chi connectivity index (χ1v) is 2.31. The molecule has 3 radical (unpaired) electrons. The molecule has 0 spiro atoms. The zero-order valence-electron chi connectivity index (χ0n) is 3.36. The molecule has 0 rings (SSSR count). The number of hydrogen-bond donors (Lipinski definition) is 0. The molecule has 0 saturated carbocycles. The van der Waals surface area contributed by atoms with Crippen LogP contribution in [0.25, 0.3) is 0 Å². The highest BCUT2D eigenvalue weighted by molar-refractivity contribution is 6.16. The first-order valence-electron chi connectivity index (χ1n) is 1.74. The van der Waals surface area contributed by atoms with Crippen LogP contribution in [0.2, 0.25) is 0 Å². The summed E-state index contributed by atoms with van der Waals surface area (Å²) in [6.45, 7) is 2.09. The molecule has 0 N–H and O–H groups in total. The molecule has 0 atom stereocenters. The highest BCUT2D eigenvalue weighted by atomic mass is 28.1. The fourth-order valence-electron chi connectivity index (χ4n) is 0.118. The van der Waals surface area contributed by atoms with Gasteiger partial charge < -0.3 is 0 Å². The Bertz CT molecular complexity index is 30.6. The van der Waals surface area contributed by atoms with E-state index in [4.69, 9.17) is 0 Å². The van der Waals surface area contributed by atoms with E-state index < -0.39 is 0 Å². The van der Waals surface area contributed by atoms with Crippen molar-refractivity contribution in [3.05, 3.63) is 11.8 Å². The summed E-state index contributed by atoms with van der Waals surface area (Å²) in [5, 5.41) is 0. The van der Waals surface area contributed by atoms with E-state index >= 15 is 0 Å². The summed E-state index contributed by atoms with van der Waals surface area (Å²) in [6, 6.07) is 0. The fourth-order valence-corrected chi connectivity index (χ4v) is 0.354. The van der Waals surface area contributed by atoms with Gasteiger partial charge in [-0.2, -0.15) is 0 Å². The Morgan fingerprint density at radius 1 is 1.80 bits per heavy atom. The van der Waals surface area contributed by atoms with E-state index in [2.05, 4.69) is 17.2 Å². The second-order valence-electron chi connectivity index (χ2n) is 0.811. The summed E-state index contributed by atoms with van der Waals surface area (Å²) in [4.78, 5) is 0. The van der Waals surface area contributed by atoms with Crippen molar-refractivity contribution >= 4 is 10.2 Å². The normalized spacial score (nSPS) is 10.0. The molecule has 0 aliphatic heterocycles. The van der Waals surface area contributed by atoms with Gasteiger partial charge in [0.2, 0.25) is 0 Å². The Labute approximate surface area is 36.3 Å². The molecule has 5 heavy (non-hydrogen) atoms. The molecule has 0 aliphatic carbocycles. The zero-order chi connectivity index (χ0) is 4.12. The second-order valence-corrected chi connectivity index (χ2v) is 1.14. The van der Waals surface area contributed by atoms with Gasteiger partial charge in [-0.05, 0) is 6.42 Å². The standard InChI is InChI=1S/C4H7Si/c1-2-3-4-5/h3-4H,2H2,1H3. The van der Waals surface area contributed by atoms with Crippen LogP contribution in [0.5, 0.6) is 0 Å². The molecule has 0 bridgehead atoms. The van der Waals surface area contributed by atoms with Gasteiger partial charge >= 0.3 is 0 Å². The minimum Gasteiger partial charge on any atom is -0.106 e. The van der Waals surface area contributed by atoms with E-state index in [0.29, 0.717) is 0 Å². The summed E-state index contributed by atoms with van der Waals surface area (Å²) in [5.74, 6) is 0. The van der Waals surface area contributed by atoms with E-state index in [1.807, 2.05) is 11.8 Å². The Hall–Kier alpha value is -0.0431. The van der Waals surface area contributed by atoms with Gasteiger partial charge in [-0.25, -0.2) is 0 Å². The van der Waals surface area contributed by atoms with E-state index in [9.17, 15) is 0 Å². The van der Waals surface area contributed by atoms with Crippen LogP contribution in [0.1, 0.15) is 13.3 Å². The quantitative estimate of drug-likeness (QED) is 0.416. The van der Waals surface area contributed by atoms with Gasteiger partial charge in [-0.3, -0.25) is 0 Å². The van der Waals surface area contributed by atoms with Gasteiger partial charge in [0, 0.05) is 0 Å².